The van der Waals surface area contributed by atoms with E-state index in [-0.39, 0.29) is 19.6 Å². The monoisotopic (exact) mass is 398 g/mol. The van der Waals surface area contributed by atoms with Crippen LogP contribution in [-0.2, 0) is 24.1 Å². The molecule has 2 unspecified atom stereocenters. The third-order valence-electron chi connectivity index (χ3n) is 3.97. The molecule has 0 radical (unpaired) electrons. The lowest BCUT2D eigenvalue weighted by atomic mass is 10.1. The van der Waals surface area contributed by atoms with Crippen LogP contribution in [0.4, 0.5) is 17.6 Å². The Balaban J connectivity index is 1.88. The number of alkyl halides is 4. The number of benzene rings is 2. The maximum absolute atomic E-state index is 12.9. The molecule has 8 heteroatoms. The van der Waals surface area contributed by atoms with Crippen molar-refractivity contribution in [2.24, 2.45) is 5.73 Å². The van der Waals surface area contributed by atoms with Crippen molar-refractivity contribution in [2.45, 2.75) is 44.9 Å². The lowest BCUT2D eigenvalue weighted by molar-refractivity contribution is -0.137. The van der Waals surface area contributed by atoms with Gasteiger partial charge < -0.3 is 15.8 Å². The molecular formula is C20H22F4N2O2. The minimum atomic E-state index is -4.37. The summed E-state index contributed by atoms with van der Waals surface area (Å²) in [5.74, 6) is 0.0638. The first-order valence-corrected chi connectivity index (χ1v) is 8.70. The normalized spacial score (nSPS) is 13.6. The summed E-state index contributed by atoms with van der Waals surface area (Å²) in [4.78, 5) is 11.8. The maximum atomic E-state index is 12.9. The molecule has 0 aliphatic carbocycles. The van der Waals surface area contributed by atoms with E-state index >= 15 is 0 Å². The summed E-state index contributed by atoms with van der Waals surface area (Å²) in [6.07, 6.45) is -5.59. The standard InChI is InChI=1S/C20H22F4N2O2/c1-13(21)9-18(25)19(27)26-11-15-3-2-4-17(10-15)28-12-14-5-7-16(8-6-14)20(22,23)24/h2-8,10,13,18H,9,11-12,25H2,1H3,(H,26,27). The summed E-state index contributed by atoms with van der Waals surface area (Å²) in [5.41, 5.74) is 6.25. The molecule has 0 fully saturated rings. The van der Waals surface area contributed by atoms with Gasteiger partial charge in [0.05, 0.1) is 17.8 Å². The predicted octanol–water partition coefficient (Wildman–Crippen LogP) is 3.98. The van der Waals surface area contributed by atoms with Gasteiger partial charge in [0.2, 0.25) is 5.91 Å². The Morgan fingerprint density at radius 1 is 1.14 bits per heavy atom. The van der Waals surface area contributed by atoms with Gasteiger partial charge in [-0.15, -0.1) is 0 Å². The zero-order valence-corrected chi connectivity index (χ0v) is 15.3. The molecule has 4 nitrogen and oxygen atoms in total. The number of carbonyl (C=O) groups is 1. The van der Waals surface area contributed by atoms with Crippen molar-refractivity contribution in [1.29, 1.82) is 0 Å². The zero-order valence-electron chi connectivity index (χ0n) is 15.3. The quantitative estimate of drug-likeness (QED) is 0.662. The summed E-state index contributed by atoms with van der Waals surface area (Å²) in [5, 5.41) is 2.63. The molecule has 0 aromatic heterocycles. The van der Waals surface area contributed by atoms with E-state index < -0.39 is 29.9 Å². The first-order valence-electron chi connectivity index (χ1n) is 8.70. The minimum Gasteiger partial charge on any atom is -0.489 e. The number of amides is 1. The first-order chi connectivity index (χ1) is 13.1. The van der Waals surface area contributed by atoms with Crippen LogP contribution in [0.2, 0.25) is 0 Å². The number of hydrogen-bond acceptors (Lipinski definition) is 3. The fourth-order valence-electron chi connectivity index (χ4n) is 2.48. The van der Waals surface area contributed by atoms with Gasteiger partial charge in [-0.05, 0) is 42.3 Å². The zero-order chi connectivity index (χ0) is 20.7. The second-order valence-electron chi connectivity index (χ2n) is 6.47. The fraction of sp³-hybridized carbons (Fsp3) is 0.350. The lowest BCUT2D eigenvalue weighted by Gasteiger charge is -2.13. The second kappa shape index (κ2) is 9.54. The molecule has 1 amide bonds. The van der Waals surface area contributed by atoms with E-state index in [0.717, 1.165) is 17.7 Å². The Kier molecular flexibility index (Phi) is 7.39. The number of ether oxygens (including phenoxy) is 1. The highest BCUT2D eigenvalue weighted by Gasteiger charge is 2.29. The van der Waals surface area contributed by atoms with E-state index in [1.165, 1.54) is 19.1 Å². The van der Waals surface area contributed by atoms with Gasteiger partial charge in [-0.3, -0.25) is 4.79 Å². The van der Waals surface area contributed by atoms with Crippen molar-refractivity contribution < 1.29 is 27.1 Å². The van der Waals surface area contributed by atoms with Crippen LogP contribution < -0.4 is 15.8 Å². The van der Waals surface area contributed by atoms with Crippen LogP contribution in [0.3, 0.4) is 0 Å². The number of halogens is 4. The third kappa shape index (κ3) is 6.84. The van der Waals surface area contributed by atoms with Gasteiger partial charge in [-0.25, -0.2) is 4.39 Å². The topological polar surface area (TPSA) is 64.4 Å². The maximum Gasteiger partial charge on any atom is 0.416 e. The fourth-order valence-corrected chi connectivity index (χ4v) is 2.48. The minimum absolute atomic E-state index is 0.0535. The molecule has 2 aromatic rings. The van der Waals surface area contributed by atoms with Crippen LogP contribution in [0.25, 0.3) is 0 Å². The third-order valence-corrected chi connectivity index (χ3v) is 3.97. The van der Waals surface area contributed by atoms with Gasteiger partial charge >= 0.3 is 6.18 Å². The molecule has 0 heterocycles. The first kappa shape index (κ1) is 21.7. The number of nitrogens with one attached hydrogen (secondary N) is 1. The lowest BCUT2D eigenvalue weighted by Crippen LogP contribution is -2.41. The van der Waals surface area contributed by atoms with Crippen molar-refractivity contribution in [1.82, 2.24) is 5.32 Å². The Morgan fingerprint density at radius 3 is 2.43 bits per heavy atom. The predicted molar refractivity (Wildman–Crippen MR) is 97.2 cm³/mol. The average Bonchev–Trinajstić information content (AvgIpc) is 2.64. The smallest absolute Gasteiger partial charge is 0.416 e. The summed E-state index contributed by atoms with van der Waals surface area (Å²) < 4.78 is 56.2. The number of carbonyl (C=O) groups excluding carboxylic acids is 1. The number of rotatable bonds is 8. The molecular weight excluding hydrogens is 376 g/mol. The molecule has 0 bridgehead atoms. The Morgan fingerprint density at radius 2 is 1.82 bits per heavy atom. The summed E-state index contributed by atoms with van der Waals surface area (Å²) in [7, 11) is 0. The van der Waals surface area contributed by atoms with Gasteiger partial charge in [0.15, 0.2) is 0 Å². The van der Waals surface area contributed by atoms with Crippen LogP contribution in [0.1, 0.15) is 30.0 Å². The Labute approximate surface area is 160 Å². The van der Waals surface area contributed by atoms with E-state index in [4.69, 9.17) is 10.5 Å². The van der Waals surface area contributed by atoms with E-state index in [9.17, 15) is 22.4 Å². The highest BCUT2D eigenvalue weighted by atomic mass is 19.4. The van der Waals surface area contributed by atoms with Gasteiger partial charge in [0.25, 0.3) is 0 Å². The summed E-state index contributed by atoms with van der Waals surface area (Å²) in [6, 6.07) is 10.7. The second-order valence-corrected chi connectivity index (χ2v) is 6.47. The van der Waals surface area contributed by atoms with Crippen LogP contribution in [0.15, 0.2) is 48.5 Å². The van der Waals surface area contributed by atoms with E-state index in [1.807, 2.05) is 0 Å². The molecule has 2 rings (SSSR count). The van der Waals surface area contributed by atoms with Crippen LogP contribution in [-0.4, -0.2) is 18.1 Å². The molecule has 0 spiro atoms. The summed E-state index contributed by atoms with van der Waals surface area (Å²) in [6.45, 7) is 1.64. The Hall–Kier alpha value is -2.61. The molecule has 0 saturated carbocycles. The highest BCUT2D eigenvalue weighted by Crippen LogP contribution is 2.29. The molecule has 0 aliphatic rings. The van der Waals surface area contributed by atoms with Crippen molar-refractivity contribution in [3.63, 3.8) is 0 Å². The van der Waals surface area contributed by atoms with E-state index in [2.05, 4.69) is 5.32 Å². The summed E-state index contributed by atoms with van der Waals surface area (Å²) >= 11 is 0. The molecule has 0 aliphatic heterocycles. The molecule has 3 N–H and O–H groups in total. The van der Waals surface area contributed by atoms with Crippen molar-refractivity contribution >= 4 is 5.91 Å². The van der Waals surface area contributed by atoms with Crippen LogP contribution in [0.5, 0.6) is 5.75 Å². The van der Waals surface area contributed by atoms with Crippen molar-refractivity contribution in [3.8, 4) is 5.75 Å². The molecule has 152 valence electrons. The molecule has 2 atom stereocenters. The SMILES string of the molecule is CC(F)CC(N)C(=O)NCc1cccc(OCc2ccc(C(F)(F)F)cc2)c1. The largest absolute Gasteiger partial charge is 0.489 e. The molecule has 28 heavy (non-hydrogen) atoms. The average molecular weight is 398 g/mol. The highest BCUT2D eigenvalue weighted by molar-refractivity contribution is 5.81. The van der Waals surface area contributed by atoms with E-state index in [1.54, 1.807) is 24.3 Å². The van der Waals surface area contributed by atoms with Gasteiger partial charge in [0, 0.05) is 13.0 Å². The van der Waals surface area contributed by atoms with Gasteiger partial charge in [-0.2, -0.15) is 13.2 Å². The number of hydrogen-bond donors (Lipinski definition) is 2. The van der Waals surface area contributed by atoms with Gasteiger partial charge in [-0.1, -0.05) is 24.3 Å². The molecule has 2 aromatic carbocycles. The van der Waals surface area contributed by atoms with Crippen LogP contribution >= 0.6 is 0 Å². The Bertz CT molecular complexity index is 777. The van der Waals surface area contributed by atoms with E-state index in [0.29, 0.717) is 11.3 Å². The van der Waals surface area contributed by atoms with Crippen molar-refractivity contribution in [3.05, 3.63) is 65.2 Å². The van der Waals surface area contributed by atoms with Gasteiger partial charge in [0.1, 0.15) is 12.4 Å². The van der Waals surface area contributed by atoms with Crippen LogP contribution in [0, 0.1) is 0 Å². The molecule has 0 saturated heterocycles. The number of nitrogens with two attached hydrogens (primary N) is 1. The van der Waals surface area contributed by atoms with Crippen molar-refractivity contribution in [2.75, 3.05) is 0 Å².